The van der Waals surface area contributed by atoms with Gasteiger partial charge < -0.3 is 35.1 Å². The number of allylic oxidation sites excluding steroid dienone is 2. The van der Waals surface area contributed by atoms with Crippen molar-refractivity contribution in [1.29, 1.82) is 0 Å². The molecule has 0 radical (unpaired) electrons. The molecular formula is C14H27O10P. The van der Waals surface area contributed by atoms with Gasteiger partial charge in [-0.3, -0.25) is 0 Å². The Balaban J connectivity index is -0.000000308. The van der Waals surface area contributed by atoms with Crippen LogP contribution in [-0.2, 0) is 14.2 Å². The van der Waals surface area contributed by atoms with Gasteiger partial charge in [0.1, 0.15) is 0 Å². The topological polar surface area (TPSA) is 193 Å². The number of phosphoric acid groups is 1. The van der Waals surface area contributed by atoms with E-state index in [0.717, 1.165) is 0 Å². The van der Waals surface area contributed by atoms with Crippen LogP contribution in [0.4, 0.5) is 0 Å². The minimum atomic E-state index is -4.64. The van der Waals surface area contributed by atoms with Crippen molar-refractivity contribution >= 4 is 19.8 Å². The van der Waals surface area contributed by atoms with E-state index in [9.17, 15) is 9.59 Å². The minimum Gasteiger partial charge on any atom is -0.478 e. The average Bonchev–Trinajstić information content (AvgIpc) is 2.46. The number of aliphatic carboxylic acids is 2. The predicted molar refractivity (Wildman–Crippen MR) is 89.7 cm³/mol. The molecule has 0 heterocycles. The van der Waals surface area contributed by atoms with Crippen LogP contribution in [-0.4, -0.2) is 60.3 Å². The SMILES string of the molecule is CC(=CCCCO)C(=O)O.CC(=CCCCO)C(=O)O.O=P(O)(O)O. The Kier molecular flexibility index (Phi) is 19.5. The number of hydrogen-bond acceptors (Lipinski definition) is 5. The van der Waals surface area contributed by atoms with Crippen molar-refractivity contribution in [2.45, 2.75) is 39.5 Å². The first-order valence-corrected chi connectivity index (χ1v) is 8.73. The van der Waals surface area contributed by atoms with Crippen LogP contribution in [0.15, 0.2) is 23.3 Å². The summed E-state index contributed by atoms with van der Waals surface area (Å²) >= 11 is 0. The third-order valence-electron chi connectivity index (χ3n) is 2.30. The second-order valence-corrected chi connectivity index (χ2v) is 5.66. The van der Waals surface area contributed by atoms with Crippen LogP contribution >= 0.6 is 7.82 Å². The molecule has 0 rings (SSSR count). The highest BCUT2D eigenvalue weighted by atomic mass is 31.2. The van der Waals surface area contributed by atoms with Gasteiger partial charge in [0.05, 0.1) is 0 Å². The number of aliphatic hydroxyl groups is 2. The van der Waals surface area contributed by atoms with E-state index in [-0.39, 0.29) is 13.2 Å². The zero-order chi connectivity index (χ0) is 20.5. The van der Waals surface area contributed by atoms with Gasteiger partial charge >= 0.3 is 19.8 Å². The van der Waals surface area contributed by atoms with Gasteiger partial charge in [0.15, 0.2) is 0 Å². The highest BCUT2D eigenvalue weighted by molar-refractivity contribution is 7.45. The van der Waals surface area contributed by atoms with Crippen molar-refractivity contribution in [2.75, 3.05) is 13.2 Å². The van der Waals surface area contributed by atoms with Gasteiger partial charge in [-0.1, -0.05) is 12.2 Å². The quantitative estimate of drug-likeness (QED) is 0.177. The molecule has 0 amide bonds. The van der Waals surface area contributed by atoms with Gasteiger partial charge in [-0.05, 0) is 39.5 Å². The fourth-order valence-electron chi connectivity index (χ4n) is 0.994. The zero-order valence-electron chi connectivity index (χ0n) is 14.2. The molecular weight excluding hydrogens is 359 g/mol. The van der Waals surface area contributed by atoms with E-state index >= 15 is 0 Å². The normalized spacial score (nSPS) is 11.6. The summed E-state index contributed by atoms with van der Waals surface area (Å²) in [6.45, 7) is 3.31. The standard InChI is InChI=1S/2C7H12O3.H3O4P/c2*1-6(7(9)10)4-2-3-5-8;1-5(2,3)4/h2*4,8H,2-3,5H2,1H3,(H,9,10);(H3,1,2,3,4). The summed E-state index contributed by atoms with van der Waals surface area (Å²) < 4.78 is 8.88. The van der Waals surface area contributed by atoms with E-state index in [0.29, 0.717) is 36.8 Å². The molecule has 0 aliphatic heterocycles. The summed E-state index contributed by atoms with van der Waals surface area (Å²) in [6.07, 6.45) is 5.75. The van der Waals surface area contributed by atoms with Gasteiger partial charge in [-0.25, -0.2) is 14.2 Å². The van der Waals surface area contributed by atoms with E-state index in [1.807, 2.05) is 0 Å². The van der Waals surface area contributed by atoms with Crippen molar-refractivity contribution in [2.24, 2.45) is 0 Å². The molecule has 0 unspecified atom stereocenters. The molecule has 0 bridgehead atoms. The first kappa shape index (κ1) is 28.3. The molecule has 0 atom stereocenters. The molecule has 0 aliphatic carbocycles. The van der Waals surface area contributed by atoms with E-state index in [1.54, 1.807) is 26.0 Å². The molecule has 0 aliphatic rings. The van der Waals surface area contributed by atoms with Crippen molar-refractivity contribution in [3.63, 3.8) is 0 Å². The summed E-state index contributed by atoms with van der Waals surface area (Å²) in [5, 5.41) is 33.4. The van der Waals surface area contributed by atoms with Crippen LogP contribution < -0.4 is 0 Å². The maximum absolute atomic E-state index is 10.2. The van der Waals surface area contributed by atoms with E-state index < -0.39 is 19.8 Å². The molecule has 0 fully saturated rings. The molecule has 0 saturated carbocycles. The lowest BCUT2D eigenvalue weighted by molar-refractivity contribution is -0.133. The molecule has 0 aromatic heterocycles. The summed E-state index contributed by atoms with van der Waals surface area (Å²) in [7, 11) is -4.64. The molecule has 25 heavy (non-hydrogen) atoms. The highest BCUT2D eigenvalue weighted by Gasteiger charge is 2.00. The smallest absolute Gasteiger partial charge is 0.466 e. The maximum Gasteiger partial charge on any atom is 0.466 e. The number of aliphatic hydroxyl groups excluding tert-OH is 2. The van der Waals surface area contributed by atoms with E-state index in [1.165, 1.54) is 0 Å². The summed E-state index contributed by atoms with van der Waals surface area (Å²) in [5.41, 5.74) is 0.682. The second-order valence-electron chi connectivity index (χ2n) is 4.63. The van der Waals surface area contributed by atoms with Crippen LogP contribution in [0.25, 0.3) is 0 Å². The largest absolute Gasteiger partial charge is 0.478 e. The van der Waals surface area contributed by atoms with Crippen molar-refractivity contribution in [3.8, 4) is 0 Å². The number of unbranched alkanes of at least 4 members (excludes halogenated alkanes) is 2. The second kappa shape index (κ2) is 17.3. The lowest BCUT2D eigenvalue weighted by atomic mass is 10.2. The predicted octanol–water partition coefficient (Wildman–Crippen LogP) is 0.651. The molecule has 0 aromatic carbocycles. The molecule has 0 spiro atoms. The highest BCUT2D eigenvalue weighted by Crippen LogP contribution is 2.25. The van der Waals surface area contributed by atoms with Gasteiger partial charge in [0.25, 0.3) is 0 Å². The Hall–Kier alpha value is -1.55. The number of carbonyl (C=O) groups is 2. The van der Waals surface area contributed by atoms with Gasteiger partial charge in [0, 0.05) is 24.4 Å². The molecule has 0 saturated heterocycles. The Morgan fingerprint density at radius 2 is 1.04 bits per heavy atom. The number of rotatable bonds is 8. The molecule has 0 aromatic rings. The van der Waals surface area contributed by atoms with Crippen LogP contribution in [0, 0.1) is 0 Å². The zero-order valence-corrected chi connectivity index (χ0v) is 15.1. The number of hydrogen-bond donors (Lipinski definition) is 7. The van der Waals surface area contributed by atoms with E-state index in [4.69, 9.17) is 39.7 Å². The molecule has 7 N–H and O–H groups in total. The number of carboxylic acids is 2. The summed E-state index contributed by atoms with van der Waals surface area (Å²) in [6, 6.07) is 0. The number of carboxylic acid groups (broad SMARTS) is 2. The molecule has 10 nitrogen and oxygen atoms in total. The monoisotopic (exact) mass is 386 g/mol. The van der Waals surface area contributed by atoms with Crippen LogP contribution in [0.2, 0.25) is 0 Å². The third-order valence-corrected chi connectivity index (χ3v) is 2.30. The first-order valence-electron chi connectivity index (χ1n) is 7.16. The van der Waals surface area contributed by atoms with E-state index in [2.05, 4.69) is 0 Å². The maximum atomic E-state index is 10.2. The Bertz CT molecular complexity index is 436. The Morgan fingerprint density at radius 1 is 0.800 bits per heavy atom. The Morgan fingerprint density at radius 3 is 1.20 bits per heavy atom. The van der Waals surface area contributed by atoms with Crippen LogP contribution in [0.1, 0.15) is 39.5 Å². The average molecular weight is 386 g/mol. The van der Waals surface area contributed by atoms with Crippen molar-refractivity contribution < 1.29 is 49.3 Å². The molecule has 148 valence electrons. The molecule has 11 heteroatoms. The van der Waals surface area contributed by atoms with Gasteiger partial charge in [0.2, 0.25) is 0 Å². The fraction of sp³-hybridized carbons (Fsp3) is 0.571. The van der Waals surface area contributed by atoms with Crippen LogP contribution in [0.5, 0.6) is 0 Å². The summed E-state index contributed by atoms with van der Waals surface area (Å²) in [4.78, 5) is 41.9. The lowest BCUT2D eigenvalue weighted by Crippen LogP contribution is -1.95. The third kappa shape index (κ3) is 34.7. The minimum absolute atomic E-state index is 0.114. The van der Waals surface area contributed by atoms with Crippen LogP contribution in [0.3, 0.4) is 0 Å². The summed E-state index contributed by atoms with van der Waals surface area (Å²) in [5.74, 6) is -1.78. The Labute approximate surface area is 146 Å². The van der Waals surface area contributed by atoms with Crippen molar-refractivity contribution in [3.05, 3.63) is 23.3 Å². The first-order chi connectivity index (χ1) is 11.4. The van der Waals surface area contributed by atoms with Gasteiger partial charge in [-0.2, -0.15) is 0 Å². The van der Waals surface area contributed by atoms with Crippen molar-refractivity contribution in [1.82, 2.24) is 0 Å². The van der Waals surface area contributed by atoms with Gasteiger partial charge in [-0.15, -0.1) is 0 Å². The fourth-order valence-corrected chi connectivity index (χ4v) is 0.994. The lowest BCUT2D eigenvalue weighted by Gasteiger charge is -1.91.